The summed E-state index contributed by atoms with van der Waals surface area (Å²) in [5, 5.41) is 4.45. The molecule has 0 aliphatic carbocycles. The Morgan fingerprint density at radius 3 is 2.56 bits per heavy atom. The van der Waals surface area contributed by atoms with Crippen LogP contribution in [0.25, 0.3) is 28.0 Å². The van der Waals surface area contributed by atoms with Crippen molar-refractivity contribution in [3.63, 3.8) is 0 Å². The summed E-state index contributed by atoms with van der Waals surface area (Å²) in [4.78, 5) is 13.7. The lowest BCUT2D eigenvalue weighted by atomic mass is 9.94. The number of anilines is 1. The molecule has 0 atom stereocenters. The fourth-order valence-electron chi connectivity index (χ4n) is 4.32. The van der Waals surface area contributed by atoms with Crippen molar-refractivity contribution in [2.75, 3.05) is 24.6 Å². The summed E-state index contributed by atoms with van der Waals surface area (Å²) in [6.45, 7) is 2.63. The number of pyridine rings is 2. The zero-order valence-electron chi connectivity index (χ0n) is 18.6. The lowest BCUT2D eigenvalue weighted by Gasteiger charge is -2.31. The highest BCUT2D eigenvalue weighted by Crippen LogP contribution is 2.37. The zero-order chi connectivity index (χ0) is 23.9. The minimum Gasteiger partial charge on any atom is -0.383 e. The summed E-state index contributed by atoms with van der Waals surface area (Å²) in [5.41, 5.74) is 11.4. The molecule has 5 rings (SSSR count). The Bertz CT molecular complexity index is 1430. The third kappa shape index (κ3) is 4.08. The minimum atomic E-state index is -3.19. The molecular formula is C23H24BrN7O2S. The first kappa shape index (κ1) is 22.9. The Hall–Kier alpha value is -2.89. The molecule has 34 heavy (non-hydrogen) atoms. The van der Waals surface area contributed by atoms with Crippen molar-refractivity contribution >= 4 is 37.4 Å². The number of nitrogens with two attached hydrogens (primary N) is 1. The molecule has 11 heteroatoms. The van der Waals surface area contributed by atoms with Crippen molar-refractivity contribution in [3.05, 3.63) is 59.2 Å². The van der Waals surface area contributed by atoms with Gasteiger partial charge < -0.3 is 5.73 Å². The molecule has 2 N–H and O–H groups in total. The van der Waals surface area contributed by atoms with Gasteiger partial charge in [-0.1, -0.05) is 6.07 Å². The molecule has 0 bridgehead atoms. The van der Waals surface area contributed by atoms with Crippen LogP contribution in [0.2, 0.25) is 0 Å². The van der Waals surface area contributed by atoms with Gasteiger partial charge in [0.25, 0.3) is 0 Å². The summed E-state index contributed by atoms with van der Waals surface area (Å²) in [6.07, 6.45) is 8.42. The highest BCUT2D eigenvalue weighted by Gasteiger charge is 2.30. The van der Waals surface area contributed by atoms with E-state index in [2.05, 4.69) is 31.0 Å². The van der Waals surface area contributed by atoms with Crippen molar-refractivity contribution in [2.24, 2.45) is 0 Å². The molecule has 176 valence electrons. The van der Waals surface area contributed by atoms with Crippen LogP contribution in [0.1, 0.15) is 31.4 Å². The van der Waals surface area contributed by atoms with Gasteiger partial charge in [0.15, 0.2) is 5.65 Å². The van der Waals surface area contributed by atoms with Crippen molar-refractivity contribution in [1.82, 2.24) is 28.9 Å². The standard InChI is InChI=1S/C23H24BrN7O2S/c1-2-34(32,33)30-10-7-15(8-11-30)21-20(24)22(25)31-23(29-21)18(14-28-31)16-5-6-19(27-13-16)17-4-3-9-26-12-17/h3-6,9,12-15H,2,7-8,10-11,25H2,1H3. The van der Waals surface area contributed by atoms with Crippen molar-refractivity contribution in [2.45, 2.75) is 25.7 Å². The van der Waals surface area contributed by atoms with Crippen LogP contribution in [0.3, 0.4) is 0 Å². The molecule has 0 aromatic carbocycles. The number of nitrogens with zero attached hydrogens (tertiary/aromatic N) is 6. The van der Waals surface area contributed by atoms with E-state index in [9.17, 15) is 8.42 Å². The normalized spacial score (nSPS) is 15.7. The third-order valence-electron chi connectivity index (χ3n) is 6.28. The van der Waals surface area contributed by atoms with Crippen LogP contribution in [-0.4, -0.2) is 56.1 Å². The molecule has 0 unspecified atom stereocenters. The number of halogens is 1. The van der Waals surface area contributed by atoms with Crippen LogP contribution < -0.4 is 5.73 Å². The summed E-state index contributed by atoms with van der Waals surface area (Å²) in [5.74, 6) is 0.680. The Kier molecular flexibility index (Phi) is 6.09. The summed E-state index contributed by atoms with van der Waals surface area (Å²) < 4.78 is 28.4. The molecule has 0 radical (unpaired) electrons. The Labute approximate surface area is 206 Å². The van der Waals surface area contributed by atoms with E-state index in [0.29, 0.717) is 41.9 Å². The van der Waals surface area contributed by atoms with E-state index in [1.807, 2.05) is 24.3 Å². The number of aromatic nitrogens is 5. The topological polar surface area (TPSA) is 119 Å². The second kappa shape index (κ2) is 9.05. The van der Waals surface area contributed by atoms with Crippen LogP contribution in [0, 0.1) is 0 Å². The van der Waals surface area contributed by atoms with E-state index in [1.165, 1.54) is 0 Å². The number of piperidine rings is 1. The van der Waals surface area contributed by atoms with Crippen LogP contribution in [0.5, 0.6) is 0 Å². The summed E-state index contributed by atoms with van der Waals surface area (Å²) in [7, 11) is -3.19. The maximum Gasteiger partial charge on any atom is 0.213 e. The van der Waals surface area contributed by atoms with E-state index >= 15 is 0 Å². The smallest absolute Gasteiger partial charge is 0.213 e. The first-order valence-electron chi connectivity index (χ1n) is 11.1. The molecule has 1 fully saturated rings. The van der Waals surface area contributed by atoms with Gasteiger partial charge in [0.1, 0.15) is 5.82 Å². The molecular weight excluding hydrogens is 518 g/mol. The van der Waals surface area contributed by atoms with Crippen LogP contribution in [0.15, 0.2) is 53.5 Å². The van der Waals surface area contributed by atoms with Crippen molar-refractivity contribution < 1.29 is 8.42 Å². The lowest BCUT2D eigenvalue weighted by Crippen LogP contribution is -2.39. The molecule has 1 saturated heterocycles. The fraction of sp³-hybridized carbons (Fsp3) is 0.304. The number of rotatable bonds is 5. The van der Waals surface area contributed by atoms with E-state index in [1.54, 1.807) is 40.5 Å². The van der Waals surface area contributed by atoms with Gasteiger partial charge in [-0.05, 0) is 53.9 Å². The zero-order valence-corrected chi connectivity index (χ0v) is 21.0. The average Bonchev–Trinajstić information content (AvgIpc) is 3.31. The summed E-state index contributed by atoms with van der Waals surface area (Å²) >= 11 is 3.61. The average molecular weight is 542 g/mol. The molecule has 4 aromatic rings. The molecule has 1 aliphatic rings. The molecule has 4 aromatic heterocycles. The van der Waals surface area contributed by atoms with Crippen LogP contribution in [0.4, 0.5) is 5.82 Å². The SMILES string of the molecule is CCS(=O)(=O)N1CCC(c2nc3c(-c4ccc(-c5cccnc5)nc4)cnn3c(N)c2Br)CC1. The Morgan fingerprint density at radius 1 is 1.12 bits per heavy atom. The van der Waals surface area contributed by atoms with Gasteiger partial charge in [-0.25, -0.2) is 17.7 Å². The van der Waals surface area contributed by atoms with E-state index in [4.69, 9.17) is 10.7 Å². The second-order valence-electron chi connectivity index (χ2n) is 8.24. The monoisotopic (exact) mass is 541 g/mol. The first-order valence-corrected chi connectivity index (χ1v) is 13.5. The number of hydrogen-bond acceptors (Lipinski definition) is 7. The van der Waals surface area contributed by atoms with E-state index < -0.39 is 10.0 Å². The fourth-order valence-corrected chi connectivity index (χ4v) is 6.03. The molecule has 1 aliphatic heterocycles. The van der Waals surface area contributed by atoms with E-state index in [0.717, 1.165) is 28.1 Å². The predicted molar refractivity (Wildman–Crippen MR) is 135 cm³/mol. The molecule has 0 spiro atoms. The minimum absolute atomic E-state index is 0.0961. The largest absolute Gasteiger partial charge is 0.383 e. The lowest BCUT2D eigenvalue weighted by molar-refractivity contribution is 0.317. The van der Waals surface area contributed by atoms with Crippen LogP contribution >= 0.6 is 15.9 Å². The number of fused-ring (bicyclic) bond motifs is 1. The summed E-state index contributed by atoms with van der Waals surface area (Å²) in [6, 6.07) is 7.78. The van der Waals surface area contributed by atoms with Gasteiger partial charge >= 0.3 is 0 Å². The highest BCUT2D eigenvalue weighted by atomic mass is 79.9. The van der Waals surface area contributed by atoms with Crippen LogP contribution in [-0.2, 0) is 10.0 Å². The van der Waals surface area contributed by atoms with Gasteiger partial charge in [-0.15, -0.1) is 0 Å². The Balaban J connectivity index is 1.48. The van der Waals surface area contributed by atoms with Crippen molar-refractivity contribution in [1.29, 1.82) is 0 Å². The molecule has 0 saturated carbocycles. The van der Waals surface area contributed by atoms with Gasteiger partial charge in [0.2, 0.25) is 10.0 Å². The van der Waals surface area contributed by atoms with Gasteiger partial charge in [0, 0.05) is 54.3 Å². The number of hydrogen-bond donors (Lipinski definition) is 1. The highest BCUT2D eigenvalue weighted by molar-refractivity contribution is 9.10. The molecule has 0 amide bonds. The number of sulfonamides is 1. The third-order valence-corrected chi connectivity index (χ3v) is 8.97. The quantitative estimate of drug-likeness (QED) is 0.408. The van der Waals surface area contributed by atoms with Gasteiger partial charge in [-0.3, -0.25) is 9.97 Å². The van der Waals surface area contributed by atoms with Gasteiger partial charge in [-0.2, -0.15) is 9.61 Å². The van der Waals surface area contributed by atoms with E-state index in [-0.39, 0.29) is 11.7 Å². The molecule has 5 heterocycles. The predicted octanol–water partition coefficient (Wildman–Crippen LogP) is 3.73. The number of nitrogen functional groups attached to an aromatic ring is 1. The maximum absolute atomic E-state index is 12.2. The molecule has 9 nitrogen and oxygen atoms in total. The van der Waals surface area contributed by atoms with Crippen molar-refractivity contribution in [3.8, 4) is 22.4 Å². The maximum atomic E-state index is 12.2. The second-order valence-corrected chi connectivity index (χ2v) is 11.3. The first-order chi connectivity index (χ1) is 16.4. The van der Waals surface area contributed by atoms with Gasteiger partial charge in [0.05, 0.1) is 27.8 Å². The Morgan fingerprint density at radius 2 is 1.91 bits per heavy atom.